The molecule has 0 aromatic heterocycles. The monoisotopic (exact) mass is 420 g/mol. The molecule has 4 aliphatic rings. The first kappa shape index (κ1) is 19.3. The van der Waals surface area contributed by atoms with Gasteiger partial charge in [-0.1, -0.05) is 27.7 Å². The lowest BCUT2D eigenvalue weighted by Crippen LogP contribution is -2.30. The van der Waals surface area contributed by atoms with Gasteiger partial charge < -0.3 is 18.9 Å². The molecule has 1 spiro atoms. The third kappa shape index (κ3) is 2.48. The van der Waals surface area contributed by atoms with Crippen molar-refractivity contribution in [1.82, 2.24) is 0 Å². The Bertz CT molecular complexity index is 1060. The largest absolute Gasteiger partial charge is 0.449 e. The van der Waals surface area contributed by atoms with E-state index >= 15 is 0 Å². The first-order chi connectivity index (χ1) is 14.2. The van der Waals surface area contributed by atoms with Gasteiger partial charge in [0.25, 0.3) is 0 Å². The van der Waals surface area contributed by atoms with E-state index in [2.05, 4.69) is 52.0 Å². The van der Waals surface area contributed by atoms with Crippen LogP contribution in [0.2, 0.25) is 0 Å². The summed E-state index contributed by atoms with van der Waals surface area (Å²) in [5.41, 5.74) is 5.49. The van der Waals surface area contributed by atoms with Gasteiger partial charge in [-0.15, -0.1) is 0 Å². The summed E-state index contributed by atoms with van der Waals surface area (Å²) in [5, 5.41) is 0. The summed E-state index contributed by atoms with van der Waals surface area (Å²) < 4.78 is 24.5. The second kappa shape index (κ2) is 5.16. The van der Waals surface area contributed by atoms with E-state index in [0.29, 0.717) is 0 Å². The second-order valence-electron chi connectivity index (χ2n) is 12.1. The van der Waals surface area contributed by atoms with Gasteiger partial charge in [0.15, 0.2) is 23.0 Å². The highest BCUT2D eigenvalue weighted by Crippen LogP contribution is 2.65. The molecule has 0 bridgehead atoms. The van der Waals surface area contributed by atoms with Gasteiger partial charge >= 0.3 is 0 Å². The molecule has 4 heteroatoms. The molecule has 0 amide bonds. The van der Waals surface area contributed by atoms with E-state index in [4.69, 9.17) is 18.9 Å². The van der Waals surface area contributed by atoms with Crippen molar-refractivity contribution in [2.75, 3.05) is 0 Å². The molecule has 0 saturated carbocycles. The van der Waals surface area contributed by atoms with Crippen molar-refractivity contribution in [1.29, 1.82) is 0 Å². The van der Waals surface area contributed by atoms with E-state index < -0.39 is 11.6 Å². The van der Waals surface area contributed by atoms with Gasteiger partial charge in [0, 0.05) is 33.1 Å². The Morgan fingerprint density at radius 2 is 0.774 bits per heavy atom. The lowest BCUT2D eigenvalue weighted by Gasteiger charge is -2.30. The van der Waals surface area contributed by atoms with Crippen molar-refractivity contribution in [3.63, 3.8) is 0 Å². The van der Waals surface area contributed by atoms with Crippen LogP contribution in [0.3, 0.4) is 0 Å². The molecular weight excluding hydrogens is 388 g/mol. The Morgan fingerprint density at radius 1 is 0.484 bits per heavy atom. The van der Waals surface area contributed by atoms with Gasteiger partial charge in [0.2, 0.25) is 11.6 Å². The van der Waals surface area contributed by atoms with Gasteiger partial charge in [0.05, 0.1) is 0 Å². The van der Waals surface area contributed by atoms with Crippen molar-refractivity contribution in [3.8, 4) is 23.0 Å². The van der Waals surface area contributed by atoms with Gasteiger partial charge in [-0.3, -0.25) is 0 Å². The highest BCUT2D eigenvalue weighted by Gasteiger charge is 2.58. The standard InChI is InChI=1S/C27H32O4/c1-23(2)13-27(17-11-21-19(9-15(17)23)28-25(5,6)30-21)14-24(3,4)16-10-20-22(12-18(16)27)31-26(7,8)29-20/h9-12H,13-14H2,1-8H3. The van der Waals surface area contributed by atoms with Crippen LogP contribution >= 0.6 is 0 Å². The molecule has 0 saturated heterocycles. The number of fused-ring (bicyclic) bond motifs is 6. The zero-order valence-electron chi connectivity index (χ0n) is 19.9. The molecule has 2 aromatic carbocycles. The quantitative estimate of drug-likeness (QED) is 0.498. The molecule has 0 N–H and O–H groups in total. The van der Waals surface area contributed by atoms with Crippen molar-refractivity contribution >= 4 is 0 Å². The van der Waals surface area contributed by atoms with Crippen molar-refractivity contribution in [2.45, 2.75) is 96.1 Å². The molecule has 0 radical (unpaired) electrons. The fourth-order valence-corrected chi connectivity index (χ4v) is 6.74. The summed E-state index contributed by atoms with van der Waals surface area (Å²) in [6, 6.07) is 8.98. The molecule has 0 fully saturated rings. The van der Waals surface area contributed by atoms with Gasteiger partial charge in [-0.2, -0.15) is 0 Å². The SMILES string of the molecule is CC1(C)Oc2cc3c(cc2O1)C1(CC3(C)C)CC(C)(C)c2cc3c(cc21)OC(C)(C)O3. The Labute approximate surface area is 184 Å². The lowest BCUT2D eigenvalue weighted by molar-refractivity contribution is -0.0437. The first-order valence-electron chi connectivity index (χ1n) is 11.4. The molecule has 164 valence electrons. The Hall–Kier alpha value is -2.36. The fraction of sp³-hybridized carbons (Fsp3) is 0.556. The van der Waals surface area contributed by atoms with Gasteiger partial charge in [0.1, 0.15) is 0 Å². The molecule has 31 heavy (non-hydrogen) atoms. The van der Waals surface area contributed by atoms with Crippen LogP contribution in [0.1, 0.15) is 90.5 Å². The molecule has 2 aliphatic heterocycles. The van der Waals surface area contributed by atoms with Crippen LogP contribution < -0.4 is 18.9 Å². The highest BCUT2D eigenvalue weighted by atomic mass is 16.7. The Morgan fingerprint density at radius 3 is 1.10 bits per heavy atom. The zero-order chi connectivity index (χ0) is 22.2. The number of rotatable bonds is 0. The van der Waals surface area contributed by atoms with Crippen LogP contribution in [0.25, 0.3) is 0 Å². The minimum absolute atomic E-state index is 0.0355. The lowest BCUT2D eigenvalue weighted by atomic mass is 9.72. The van der Waals surface area contributed by atoms with Crippen molar-refractivity contribution < 1.29 is 18.9 Å². The van der Waals surface area contributed by atoms with Crippen molar-refractivity contribution in [3.05, 3.63) is 46.5 Å². The molecular formula is C27H32O4. The van der Waals surface area contributed by atoms with E-state index in [-0.39, 0.29) is 16.2 Å². The van der Waals surface area contributed by atoms with Crippen LogP contribution in [0.4, 0.5) is 0 Å². The second-order valence-corrected chi connectivity index (χ2v) is 12.1. The number of hydrogen-bond donors (Lipinski definition) is 0. The Kier molecular flexibility index (Phi) is 3.22. The normalized spacial score (nSPS) is 25.5. The van der Waals surface area contributed by atoms with Crippen LogP contribution in [0.15, 0.2) is 24.3 Å². The molecule has 0 atom stereocenters. The predicted molar refractivity (Wildman–Crippen MR) is 120 cm³/mol. The minimum atomic E-state index is -0.626. The van der Waals surface area contributed by atoms with E-state index in [1.165, 1.54) is 22.3 Å². The average molecular weight is 421 g/mol. The smallest absolute Gasteiger partial charge is 0.246 e. The molecule has 2 aromatic rings. The zero-order valence-corrected chi connectivity index (χ0v) is 19.9. The van der Waals surface area contributed by atoms with Crippen molar-refractivity contribution in [2.24, 2.45) is 0 Å². The minimum Gasteiger partial charge on any atom is -0.449 e. The van der Waals surface area contributed by atoms with Gasteiger partial charge in [-0.05, 0) is 70.2 Å². The van der Waals surface area contributed by atoms with Crippen LogP contribution in [-0.2, 0) is 16.2 Å². The first-order valence-corrected chi connectivity index (χ1v) is 11.4. The van der Waals surface area contributed by atoms with E-state index in [9.17, 15) is 0 Å². The topological polar surface area (TPSA) is 36.9 Å². The summed E-state index contributed by atoms with van der Waals surface area (Å²) >= 11 is 0. The fourth-order valence-electron chi connectivity index (χ4n) is 6.74. The molecule has 2 heterocycles. The molecule has 4 nitrogen and oxygen atoms in total. The van der Waals surface area contributed by atoms with Crippen LogP contribution in [0.5, 0.6) is 23.0 Å². The maximum Gasteiger partial charge on any atom is 0.246 e. The number of hydrogen-bond acceptors (Lipinski definition) is 4. The van der Waals surface area contributed by atoms with Crippen LogP contribution in [-0.4, -0.2) is 11.6 Å². The number of benzene rings is 2. The molecule has 2 aliphatic carbocycles. The molecule has 0 unspecified atom stereocenters. The highest BCUT2D eigenvalue weighted by molar-refractivity contribution is 5.66. The number of ether oxygens (including phenoxy) is 4. The maximum absolute atomic E-state index is 6.16. The van der Waals surface area contributed by atoms with E-state index in [1.54, 1.807) is 0 Å². The molecule has 6 rings (SSSR count). The average Bonchev–Trinajstić information content (AvgIpc) is 3.21. The van der Waals surface area contributed by atoms with Crippen LogP contribution in [0, 0.1) is 0 Å². The summed E-state index contributed by atoms with van der Waals surface area (Å²) in [5.74, 6) is 2.18. The summed E-state index contributed by atoms with van der Waals surface area (Å²) in [4.78, 5) is 0. The van der Waals surface area contributed by atoms with E-state index in [0.717, 1.165) is 35.8 Å². The Balaban J connectivity index is 1.59. The van der Waals surface area contributed by atoms with E-state index in [1.807, 2.05) is 27.7 Å². The third-order valence-electron chi connectivity index (χ3n) is 7.57. The maximum atomic E-state index is 6.16. The summed E-state index contributed by atoms with van der Waals surface area (Å²) in [7, 11) is 0. The predicted octanol–water partition coefficient (Wildman–Crippen LogP) is 6.35. The third-order valence-corrected chi connectivity index (χ3v) is 7.57. The summed E-state index contributed by atoms with van der Waals surface area (Å²) in [6.45, 7) is 17.3. The van der Waals surface area contributed by atoms with Gasteiger partial charge in [-0.25, -0.2) is 0 Å². The summed E-state index contributed by atoms with van der Waals surface area (Å²) in [6.07, 6.45) is 2.11.